The van der Waals surface area contributed by atoms with Crippen molar-refractivity contribution in [3.05, 3.63) is 0 Å². The van der Waals surface area contributed by atoms with Crippen LogP contribution in [0.1, 0.15) is 6.42 Å². The summed E-state index contributed by atoms with van der Waals surface area (Å²) in [6.07, 6.45) is -10.6. The Morgan fingerprint density at radius 3 is 1.16 bits per heavy atom. The Labute approximate surface area is 129 Å². The largest absolute Gasteiger partial charge is 0.460 e. The lowest BCUT2D eigenvalue weighted by molar-refractivity contribution is -0.439. The van der Waals surface area contributed by atoms with Crippen LogP contribution in [0.5, 0.6) is 0 Å². The van der Waals surface area contributed by atoms with Crippen molar-refractivity contribution in [1.82, 2.24) is 0 Å². The molecule has 0 aromatic rings. The standard InChI is InChI=1S/C8H4F14O2S/c9-3(10,1-2-25(22,23)24)4(11,12)5(13,14)6(15,16)7(17,18)8(19,20)21/h1-2H2. The maximum absolute atomic E-state index is 13.0. The normalized spacial score (nSPS) is 16.2. The minimum absolute atomic E-state index is 2.63. The summed E-state index contributed by atoms with van der Waals surface area (Å²) in [5.74, 6) is -40.8. The fourth-order valence-corrected chi connectivity index (χ4v) is 1.71. The maximum atomic E-state index is 13.0. The molecule has 152 valence electrons. The van der Waals surface area contributed by atoms with E-state index in [1.165, 1.54) is 0 Å². The zero-order valence-corrected chi connectivity index (χ0v) is 11.7. The van der Waals surface area contributed by atoms with Gasteiger partial charge in [-0.2, -0.15) is 65.5 Å². The van der Waals surface area contributed by atoms with Gasteiger partial charge in [-0.25, -0.2) is 0 Å². The molecule has 0 aliphatic carbocycles. The van der Waals surface area contributed by atoms with Crippen molar-refractivity contribution in [2.45, 2.75) is 42.2 Å². The Hall–Kier alpha value is -1.03. The number of halogens is 14. The molecule has 0 rings (SSSR count). The van der Waals surface area contributed by atoms with Crippen LogP contribution in [0.3, 0.4) is 0 Å². The average Bonchev–Trinajstić information content (AvgIpc) is 2.33. The van der Waals surface area contributed by atoms with Crippen molar-refractivity contribution in [3.8, 4) is 0 Å². The van der Waals surface area contributed by atoms with Crippen LogP contribution < -0.4 is 0 Å². The second kappa shape index (κ2) is 6.00. The first-order chi connectivity index (χ1) is 10.5. The smallest absolute Gasteiger partial charge is 0.200 e. The van der Waals surface area contributed by atoms with Crippen molar-refractivity contribution in [2.24, 2.45) is 0 Å². The first kappa shape index (κ1) is 24.0. The molecule has 0 aliphatic rings. The van der Waals surface area contributed by atoms with Gasteiger partial charge in [0, 0.05) is 6.42 Å². The first-order valence-electron chi connectivity index (χ1n) is 5.34. The molecule has 0 N–H and O–H groups in total. The Bertz CT molecular complexity index is 588. The van der Waals surface area contributed by atoms with E-state index in [0.717, 1.165) is 0 Å². The molecule has 0 saturated heterocycles. The first-order valence-corrected chi connectivity index (χ1v) is 6.89. The van der Waals surface area contributed by atoms with Crippen LogP contribution in [0.4, 0.5) is 61.0 Å². The van der Waals surface area contributed by atoms with Crippen molar-refractivity contribution >= 4 is 10.2 Å². The van der Waals surface area contributed by atoms with Gasteiger partial charge in [0.1, 0.15) is 0 Å². The van der Waals surface area contributed by atoms with Crippen LogP contribution in [-0.4, -0.2) is 50.0 Å². The molecule has 0 aromatic carbocycles. The van der Waals surface area contributed by atoms with Crippen molar-refractivity contribution in [2.75, 3.05) is 5.75 Å². The number of rotatable bonds is 7. The third-order valence-electron chi connectivity index (χ3n) is 2.66. The molecular weight excluding hydrogens is 426 g/mol. The predicted octanol–water partition coefficient (Wildman–Crippen LogP) is 4.41. The molecule has 0 heterocycles. The highest BCUT2D eigenvalue weighted by molar-refractivity contribution is 7.86. The predicted molar refractivity (Wildman–Crippen MR) is 50.3 cm³/mol. The Balaban J connectivity index is 6.11. The van der Waals surface area contributed by atoms with Gasteiger partial charge < -0.3 is 0 Å². The van der Waals surface area contributed by atoms with E-state index in [9.17, 15) is 69.4 Å². The highest BCUT2D eigenvalue weighted by Crippen LogP contribution is 2.60. The Morgan fingerprint density at radius 1 is 0.560 bits per heavy atom. The summed E-state index contributed by atoms with van der Waals surface area (Å²) in [5, 5.41) is 0. The fourth-order valence-electron chi connectivity index (χ4n) is 1.21. The SMILES string of the molecule is O=S(=O)(F)CCC(F)(F)C(F)(F)C(F)(F)C(F)(F)C(F)(F)C(F)(F)F. The monoisotopic (exact) mass is 430 g/mol. The summed E-state index contributed by atoms with van der Waals surface area (Å²) in [4.78, 5) is 0. The summed E-state index contributed by atoms with van der Waals surface area (Å²) in [5.41, 5.74) is 0. The van der Waals surface area contributed by atoms with Crippen LogP contribution in [-0.2, 0) is 10.2 Å². The molecule has 0 aliphatic heterocycles. The molecule has 17 heteroatoms. The van der Waals surface area contributed by atoms with E-state index in [2.05, 4.69) is 0 Å². The molecule has 0 amide bonds. The summed E-state index contributed by atoms with van der Waals surface area (Å²) in [6.45, 7) is 0. The number of hydrogen-bond acceptors (Lipinski definition) is 2. The van der Waals surface area contributed by atoms with Gasteiger partial charge in [0.05, 0.1) is 5.75 Å². The third-order valence-corrected chi connectivity index (χ3v) is 3.35. The van der Waals surface area contributed by atoms with Gasteiger partial charge in [0.2, 0.25) is 0 Å². The highest BCUT2D eigenvalue weighted by Gasteiger charge is 2.90. The van der Waals surface area contributed by atoms with Crippen molar-refractivity contribution < 1.29 is 69.4 Å². The minimum Gasteiger partial charge on any atom is -0.200 e. The van der Waals surface area contributed by atoms with Crippen LogP contribution >= 0.6 is 0 Å². The minimum atomic E-state index is -8.07. The van der Waals surface area contributed by atoms with E-state index in [4.69, 9.17) is 0 Å². The van der Waals surface area contributed by atoms with Gasteiger partial charge in [0.25, 0.3) is 0 Å². The van der Waals surface area contributed by atoms with E-state index in [0.29, 0.717) is 0 Å². The second-order valence-corrected chi connectivity index (χ2v) is 5.98. The summed E-state index contributed by atoms with van der Waals surface area (Å²) >= 11 is 0. The highest BCUT2D eigenvalue weighted by atomic mass is 32.3. The molecule has 0 aromatic heterocycles. The van der Waals surface area contributed by atoms with E-state index < -0.39 is 58.2 Å². The Kier molecular flexibility index (Phi) is 5.76. The topological polar surface area (TPSA) is 34.1 Å². The molecule has 2 nitrogen and oxygen atoms in total. The molecule has 0 spiro atoms. The van der Waals surface area contributed by atoms with Gasteiger partial charge >= 0.3 is 46.0 Å². The van der Waals surface area contributed by atoms with Crippen molar-refractivity contribution in [1.29, 1.82) is 0 Å². The lowest BCUT2D eigenvalue weighted by atomic mass is 9.93. The number of alkyl halides is 13. The zero-order valence-electron chi connectivity index (χ0n) is 10.9. The van der Waals surface area contributed by atoms with E-state index in [1.807, 2.05) is 0 Å². The van der Waals surface area contributed by atoms with Gasteiger partial charge in [-0.1, -0.05) is 0 Å². The molecule has 0 fully saturated rings. The van der Waals surface area contributed by atoms with Crippen LogP contribution in [0.2, 0.25) is 0 Å². The lowest BCUT2D eigenvalue weighted by Crippen LogP contribution is -2.70. The third kappa shape index (κ3) is 3.89. The van der Waals surface area contributed by atoms with E-state index >= 15 is 0 Å². The molecule has 0 radical (unpaired) electrons. The molecule has 25 heavy (non-hydrogen) atoms. The van der Waals surface area contributed by atoms with Gasteiger partial charge in [-0.15, -0.1) is 3.89 Å². The van der Waals surface area contributed by atoms with Crippen LogP contribution in [0.15, 0.2) is 0 Å². The van der Waals surface area contributed by atoms with E-state index in [1.54, 1.807) is 0 Å². The molecule has 0 unspecified atom stereocenters. The van der Waals surface area contributed by atoms with Crippen molar-refractivity contribution in [3.63, 3.8) is 0 Å². The van der Waals surface area contributed by atoms with Crippen LogP contribution in [0, 0.1) is 0 Å². The fraction of sp³-hybridized carbons (Fsp3) is 1.00. The molecule has 0 atom stereocenters. The quantitative estimate of drug-likeness (QED) is 0.443. The number of hydrogen-bond donors (Lipinski definition) is 0. The lowest BCUT2D eigenvalue weighted by Gasteiger charge is -2.39. The molecular formula is C8H4F14O2S. The average molecular weight is 430 g/mol. The molecule has 0 saturated carbocycles. The van der Waals surface area contributed by atoms with Gasteiger partial charge in [0.15, 0.2) is 0 Å². The summed E-state index contributed by atoms with van der Waals surface area (Å²) in [7, 11) is -6.02. The van der Waals surface area contributed by atoms with Gasteiger partial charge in [-0.3, -0.25) is 0 Å². The molecule has 0 bridgehead atoms. The maximum Gasteiger partial charge on any atom is 0.460 e. The summed E-state index contributed by atoms with van der Waals surface area (Å²) < 4.78 is 195. The zero-order chi connectivity index (χ0) is 20.9. The second-order valence-electron chi connectivity index (χ2n) is 4.49. The summed E-state index contributed by atoms with van der Waals surface area (Å²) in [6, 6.07) is 0. The van der Waals surface area contributed by atoms with Crippen LogP contribution in [0.25, 0.3) is 0 Å². The van der Waals surface area contributed by atoms with E-state index in [-0.39, 0.29) is 0 Å². The van der Waals surface area contributed by atoms with Gasteiger partial charge in [-0.05, 0) is 0 Å². The Morgan fingerprint density at radius 2 is 0.880 bits per heavy atom.